The Morgan fingerprint density at radius 3 is 2.52 bits per heavy atom. The third kappa shape index (κ3) is 5.21. The molecule has 1 aromatic rings. The summed E-state index contributed by atoms with van der Waals surface area (Å²) in [6.07, 6.45) is -0.111. The lowest BCUT2D eigenvalue weighted by Gasteiger charge is -2.28. The van der Waals surface area contributed by atoms with E-state index in [2.05, 4.69) is 5.32 Å². The monoisotopic (exact) mass is 357 g/mol. The highest BCUT2D eigenvalue weighted by molar-refractivity contribution is 6.05. The first-order chi connectivity index (χ1) is 11.8. The molecule has 0 unspecified atom stereocenters. The number of amides is 1. The van der Waals surface area contributed by atoms with Crippen molar-refractivity contribution in [2.45, 2.75) is 45.2 Å². The zero-order valence-electron chi connectivity index (χ0n) is 14.1. The van der Waals surface area contributed by atoms with Gasteiger partial charge in [0.15, 0.2) is 0 Å². The van der Waals surface area contributed by atoms with E-state index in [-0.39, 0.29) is 18.2 Å². The second kappa shape index (κ2) is 8.36. The van der Waals surface area contributed by atoms with Gasteiger partial charge < -0.3 is 10.1 Å². The molecule has 1 saturated carbocycles. The van der Waals surface area contributed by atoms with E-state index in [0.29, 0.717) is 0 Å². The van der Waals surface area contributed by atoms with Gasteiger partial charge in [-0.1, -0.05) is 25.3 Å². The normalized spacial score (nSPS) is 17.0. The van der Waals surface area contributed by atoms with Crippen LogP contribution in [-0.2, 0) is 20.5 Å². The average molecular weight is 357 g/mol. The van der Waals surface area contributed by atoms with Gasteiger partial charge in [0, 0.05) is 5.69 Å². The zero-order chi connectivity index (χ0) is 18.4. The van der Waals surface area contributed by atoms with Crippen LogP contribution in [0.4, 0.5) is 18.9 Å². The lowest BCUT2D eigenvalue weighted by Crippen LogP contribution is -2.37. The summed E-state index contributed by atoms with van der Waals surface area (Å²) in [4.78, 5) is 24.8. The van der Waals surface area contributed by atoms with Crippen molar-refractivity contribution in [1.82, 2.24) is 0 Å². The molecule has 1 aromatic carbocycles. The molecule has 1 aliphatic rings. The number of carbonyl (C=O) groups is 2. The molecule has 0 aliphatic heterocycles. The van der Waals surface area contributed by atoms with Gasteiger partial charge in [-0.05, 0) is 43.9 Å². The summed E-state index contributed by atoms with van der Waals surface area (Å²) >= 11 is 0. The number of hydrogen-bond donors (Lipinski definition) is 1. The molecule has 1 fully saturated rings. The van der Waals surface area contributed by atoms with Crippen LogP contribution >= 0.6 is 0 Å². The zero-order valence-corrected chi connectivity index (χ0v) is 14.1. The number of nitrogens with one attached hydrogen (secondary N) is 1. The minimum Gasteiger partial charge on any atom is -0.465 e. The second-order valence-corrected chi connectivity index (χ2v) is 6.20. The number of hydrogen-bond acceptors (Lipinski definition) is 3. The van der Waals surface area contributed by atoms with E-state index >= 15 is 0 Å². The van der Waals surface area contributed by atoms with E-state index in [1.165, 1.54) is 12.1 Å². The number of alkyl halides is 3. The third-order valence-corrected chi connectivity index (χ3v) is 4.40. The lowest BCUT2D eigenvalue weighted by molar-refractivity contribution is -0.153. The summed E-state index contributed by atoms with van der Waals surface area (Å²) in [6.45, 7) is 1.80. The first-order valence-corrected chi connectivity index (χ1v) is 8.47. The van der Waals surface area contributed by atoms with Crippen molar-refractivity contribution in [2.75, 3.05) is 11.9 Å². The average Bonchev–Trinajstić information content (AvgIpc) is 2.56. The summed E-state index contributed by atoms with van der Waals surface area (Å²) < 4.78 is 43.4. The van der Waals surface area contributed by atoms with Gasteiger partial charge in [0.2, 0.25) is 5.91 Å². The molecular formula is C18H22F3NO3. The Bertz CT molecular complexity index is 610. The third-order valence-electron chi connectivity index (χ3n) is 4.40. The SMILES string of the molecule is CCOC(=O)[C@H](C(=O)Nc1cccc(C(F)(F)F)c1)C1CCCCC1. The molecule has 1 N–H and O–H groups in total. The van der Waals surface area contributed by atoms with Gasteiger partial charge >= 0.3 is 12.1 Å². The molecule has 0 saturated heterocycles. The Morgan fingerprint density at radius 1 is 1.24 bits per heavy atom. The van der Waals surface area contributed by atoms with E-state index in [4.69, 9.17) is 4.74 Å². The van der Waals surface area contributed by atoms with Gasteiger partial charge in [-0.2, -0.15) is 13.2 Å². The first kappa shape index (κ1) is 19.3. The number of carbonyl (C=O) groups excluding carboxylic acids is 2. The van der Waals surface area contributed by atoms with Crippen molar-refractivity contribution in [3.05, 3.63) is 29.8 Å². The topological polar surface area (TPSA) is 55.4 Å². The summed E-state index contributed by atoms with van der Waals surface area (Å²) in [5.74, 6) is -2.35. The van der Waals surface area contributed by atoms with Crippen LogP contribution in [0.5, 0.6) is 0 Å². The van der Waals surface area contributed by atoms with E-state index in [9.17, 15) is 22.8 Å². The highest BCUT2D eigenvalue weighted by Crippen LogP contribution is 2.33. The lowest BCUT2D eigenvalue weighted by atomic mass is 9.79. The number of rotatable bonds is 5. The van der Waals surface area contributed by atoms with Crippen LogP contribution in [0.1, 0.15) is 44.6 Å². The summed E-state index contributed by atoms with van der Waals surface area (Å²) in [6, 6.07) is 4.38. The predicted octanol–water partition coefficient (Wildman–Crippen LogP) is 4.40. The van der Waals surface area contributed by atoms with E-state index in [1.807, 2.05) is 0 Å². The van der Waals surface area contributed by atoms with Crippen LogP contribution < -0.4 is 5.32 Å². The Labute approximate surface area is 144 Å². The van der Waals surface area contributed by atoms with Crippen molar-refractivity contribution in [1.29, 1.82) is 0 Å². The van der Waals surface area contributed by atoms with Crippen LogP contribution in [0.15, 0.2) is 24.3 Å². The van der Waals surface area contributed by atoms with Crippen LogP contribution in [0, 0.1) is 11.8 Å². The molecule has 0 spiro atoms. The van der Waals surface area contributed by atoms with E-state index in [1.54, 1.807) is 6.92 Å². The highest BCUT2D eigenvalue weighted by Gasteiger charge is 2.37. The van der Waals surface area contributed by atoms with Crippen molar-refractivity contribution in [3.63, 3.8) is 0 Å². The minimum absolute atomic E-state index is 0.0185. The maximum absolute atomic E-state index is 12.8. The fourth-order valence-corrected chi connectivity index (χ4v) is 3.21. The summed E-state index contributed by atoms with van der Waals surface area (Å²) in [7, 11) is 0. The molecule has 2 rings (SSSR count). The molecule has 138 valence electrons. The standard InChI is InChI=1S/C18H22F3NO3/c1-2-25-17(24)15(12-7-4-3-5-8-12)16(23)22-14-10-6-9-13(11-14)18(19,20)21/h6,9-12,15H,2-5,7-8H2,1H3,(H,22,23)/t15-/m0/s1. The fraction of sp³-hybridized carbons (Fsp3) is 0.556. The summed E-state index contributed by atoms with van der Waals surface area (Å²) in [5.41, 5.74) is -0.833. The van der Waals surface area contributed by atoms with Gasteiger partial charge in [-0.15, -0.1) is 0 Å². The predicted molar refractivity (Wildman–Crippen MR) is 86.8 cm³/mol. The fourth-order valence-electron chi connectivity index (χ4n) is 3.21. The minimum atomic E-state index is -4.50. The largest absolute Gasteiger partial charge is 0.465 e. The molecule has 4 nitrogen and oxygen atoms in total. The molecule has 0 bridgehead atoms. The number of ether oxygens (including phenoxy) is 1. The van der Waals surface area contributed by atoms with Gasteiger partial charge in [0.25, 0.3) is 0 Å². The Kier molecular flexibility index (Phi) is 6.45. The van der Waals surface area contributed by atoms with Gasteiger partial charge in [-0.25, -0.2) is 0 Å². The van der Waals surface area contributed by atoms with Crippen LogP contribution in [0.3, 0.4) is 0 Å². The molecule has 0 radical (unpaired) electrons. The Balaban J connectivity index is 2.17. The molecule has 0 heterocycles. The Morgan fingerprint density at radius 2 is 1.92 bits per heavy atom. The highest BCUT2D eigenvalue weighted by atomic mass is 19.4. The van der Waals surface area contributed by atoms with Crippen molar-refractivity contribution in [2.24, 2.45) is 11.8 Å². The molecular weight excluding hydrogens is 335 g/mol. The number of anilines is 1. The van der Waals surface area contributed by atoms with Gasteiger partial charge in [0.05, 0.1) is 12.2 Å². The van der Waals surface area contributed by atoms with Crippen LogP contribution in [-0.4, -0.2) is 18.5 Å². The number of benzene rings is 1. The van der Waals surface area contributed by atoms with Crippen molar-refractivity contribution in [3.8, 4) is 0 Å². The smallest absolute Gasteiger partial charge is 0.416 e. The molecule has 1 atom stereocenters. The molecule has 1 aliphatic carbocycles. The van der Waals surface area contributed by atoms with E-state index in [0.717, 1.165) is 44.2 Å². The second-order valence-electron chi connectivity index (χ2n) is 6.20. The number of esters is 1. The first-order valence-electron chi connectivity index (χ1n) is 8.47. The maximum Gasteiger partial charge on any atom is 0.416 e. The Hall–Kier alpha value is -2.05. The van der Waals surface area contributed by atoms with Crippen LogP contribution in [0.2, 0.25) is 0 Å². The van der Waals surface area contributed by atoms with Gasteiger partial charge in [-0.3, -0.25) is 9.59 Å². The van der Waals surface area contributed by atoms with Crippen LogP contribution in [0.25, 0.3) is 0 Å². The van der Waals surface area contributed by atoms with Gasteiger partial charge in [0.1, 0.15) is 5.92 Å². The molecule has 0 aromatic heterocycles. The van der Waals surface area contributed by atoms with Crippen molar-refractivity contribution < 1.29 is 27.5 Å². The van der Waals surface area contributed by atoms with Crippen molar-refractivity contribution >= 4 is 17.6 Å². The molecule has 7 heteroatoms. The molecule has 1 amide bonds. The maximum atomic E-state index is 12.8. The number of halogens is 3. The molecule has 25 heavy (non-hydrogen) atoms. The van der Waals surface area contributed by atoms with E-state index < -0.39 is 29.5 Å². The summed E-state index contributed by atoms with van der Waals surface area (Å²) in [5, 5.41) is 2.45. The quantitative estimate of drug-likeness (QED) is 0.628.